The predicted molar refractivity (Wildman–Crippen MR) is 480 cm³/mol. The van der Waals surface area contributed by atoms with Crippen molar-refractivity contribution in [2.75, 3.05) is 11.5 Å². The first kappa shape index (κ1) is 115. The Morgan fingerprint density at radius 3 is 0.993 bits per heavy atom. The van der Waals surface area contributed by atoms with E-state index in [4.69, 9.17) is 113 Å². The molecule has 0 aliphatic heterocycles. The molecule has 4 bridgehead atoms. The summed E-state index contributed by atoms with van der Waals surface area (Å²) in [4.78, 5) is 101. The zero-order valence-corrected chi connectivity index (χ0v) is 76.2. The van der Waals surface area contributed by atoms with Gasteiger partial charge in [-0.3, -0.25) is 9.59 Å². The lowest BCUT2D eigenvalue weighted by Crippen LogP contribution is -2.59. The number of esters is 8. The summed E-state index contributed by atoms with van der Waals surface area (Å²) in [5.41, 5.74) is 3.50. The van der Waals surface area contributed by atoms with E-state index in [0.717, 1.165) is 41.0 Å². The Labute approximate surface area is 803 Å². The molecule has 4 fully saturated rings. The molecule has 54 heteroatoms. The van der Waals surface area contributed by atoms with Gasteiger partial charge in [-0.15, -0.1) is 0 Å². The van der Waals surface area contributed by atoms with Gasteiger partial charge in [-0.2, -0.15) is 43.9 Å². The summed E-state index contributed by atoms with van der Waals surface area (Å²) in [6, 6.07) is 25.8. The highest BCUT2D eigenvalue weighted by Crippen LogP contribution is 2.66. The van der Waals surface area contributed by atoms with Gasteiger partial charge < -0.3 is 56.1 Å². The van der Waals surface area contributed by atoms with Crippen LogP contribution in [0.25, 0.3) is 10.8 Å². The standard InChI is InChI=1S/C24H26B3F3O7S.C24H19B3F2O7S.C20H16B3F3O7S.C16H15B3F2O7S/c25-8-13-2-16(9-26)19(17(3-13)10-27)37-21(32)23-6-14-1-15(7-23)5-22(4-14,12-23)20(31)36-18(24(28,29)30)11-38(33,34)35;1-13(24(28,29)37(32,33)34)35-22(30)19-6-2-5-18-17(19)4-3-7-20(18)23(31)36-21-15(11-26)8-14(10-25)9-16(21)12-27;21-7-11-5-14(8-22)17(15(6-11)9-23)33-19(28)13-3-1-12(2-4-13)18(27)32-16(20(24,25)26)10-34(29,30)31;1-9(16(20,21)29(24,25)26)27-13(22)2-3-14(23)28-15-11(7-18)4-10(6-17)5-12(15)8-19/h2-3,14-15,18H,1,4-12H2,(H,33,34,35);2-9,13H,10-12H2,1H3,(H,32,33,34);1-6,16H,7-10H2,(H,29,30,31);2-5,9H,6-8H2,1H3,(H,24,25,26)/p-4/b;;;3-2-. The topological polar surface area (TPSA) is 439 Å². The lowest BCUT2D eigenvalue weighted by atomic mass is 9.44. The third kappa shape index (κ3) is 29.4. The van der Waals surface area contributed by atoms with Crippen molar-refractivity contribution in [2.45, 2.75) is 175 Å². The van der Waals surface area contributed by atoms with Crippen LogP contribution in [-0.4, -0.2) is 253 Å². The van der Waals surface area contributed by atoms with Crippen LogP contribution < -0.4 is 18.9 Å². The molecule has 138 heavy (non-hydrogen) atoms. The molecular formula is C84H72B12F10O28S4-4. The summed E-state index contributed by atoms with van der Waals surface area (Å²) in [5.74, 6) is -12.5. The molecule has 7 aromatic carbocycles. The summed E-state index contributed by atoms with van der Waals surface area (Å²) in [7, 11) is 45.9. The van der Waals surface area contributed by atoms with Crippen LogP contribution in [0.5, 0.6) is 23.0 Å². The second-order valence-corrected chi connectivity index (χ2v) is 37.4. The van der Waals surface area contributed by atoms with Crippen molar-refractivity contribution < 1.29 is 172 Å². The molecule has 6 unspecified atom stereocenters. The van der Waals surface area contributed by atoms with E-state index >= 15 is 0 Å². The van der Waals surface area contributed by atoms with Crippen LogP contribution in [0.4, 0.5) is 43.9 Å². The van der Waals surface area contributed by atoms with Crippen LogP contribution in [-0.2, 0) is 154 Å². The molecule has 0 N–H and O–H groups in total. The minimum absolute atomic E-state index is 0.00846. The van der Waals surface area contributed by atoms with Crippen molar-refractivity contribution in [3.8, 4) is 23.0 Å². The van der Waals surface area contributed by atoms with Gasteiger partial charge in [-0.1, -0.05) is 171 Å². The first-order valence-electron chi connectivity index (χ1n) is 40.8. The maximum absolute atomic E-state index is 13.8. The summed E-state index contributed by atoms with van der Waals surface area (Å²) in [6.07, 6.45) is -18.1. The number of rotatable bonds is 36. The third-order valence-corrected chi connectivity index (χ3v) is 25.2. The highest BCUT2D eigenvalue weighted by Gasteiger charge is 2.65. The zero-order chi connectivity index (χ0) is 104. The molecule has 28 nitrogen and oxygen atoms in total. The quantitative estimate of drug-likeness (QED) is 0.00747. The van der Waals surface area contributed by atoms with E-state index in [0.29, 0.717) is 95.3 Å². The van der Waals surface area contributed by atoms with Gasteiger partial charge in [-0.05, 0) is 156 Å². The lowest BCUT2D eigenvalue weighted by molar-refractivity contribution is -0.230. The average molecular weight is 1980 g/mol. The summed E-state index contributed by atoms with van der Waals surface area (Å²) >= 11 is 0. The van der Waals surface area contributed by atoms with Gasteiger partial charge in [-0.25, -0.2) is 62.4 Å². The number of carbonyl (C=O) groups excluding carboxylic acids is 8. The van der Waals surface area contributed by atoms with Crippen LogP contribution in [0.1, 0.15) is 161 Å². The summed E-state index contributed by atoms with van der Waals surface area (Å²) in [5, 5.41) is -9.32. The SMILES string of the molecule is [B]Cc1cc(C[B])c(OC(=O)/C=C\C(=O)OC(C)C(F)(F)S(=O)(=O)[O-])c(C[B])c1.[B]Cc1cc(C[B])c(OC(=O)C23CC4CC(C2)CC(C(=O)OC(CS(=O)(=O)[O-])C(F)(F)F)(C4)C3)c(C[B])c1.[B]Cc1cc(C[B])c(OC(=O)c2ccc(C(=O)OC(CS(=O)(=O)[O-])C(F)(F)F)cc2)c(C[B])c1.[B]Cc1cc(C[B])c(OC(=O)c2cccc3c(C(=O)OC(C)C(F)(F)S(=O)(=O)[O-])cccc23)c(C[B])c1. The van der Waals surface area contributed by atoms with Gasteiger partial charge in [0.1, 0.15) is 23.0 Å². The van der Waals surface area contributed by atoms with Gasteiger partial charge >= 0.3 is 70.6 Å². The Balaban J connectivity index is 0.000000252. The molecule has 0 spiro atoms. The number of hydrogen-bond donors (Lipinski definition) is 0. The van der Waals surface area contributed by atoms with Crippen molar-refractivity contribution in [1.82, 2.24) is 0 Å². The molecule has 4 aliphatic rings. The maximum atomic E-state index is 13.8. The van der Waals surface area contributed by atoms with Crippen molar-refractivity contribution in [3.63, 3.8) is 0 Å². The second kappa shape index (κ2) is 47.5. The highest BCUT2D eigenvalue weighted by atomic mass is 32.2. The molecule has 6 atom stereocenters. The van der Waals surface area contributed by atoms with Gasteiger partial charge in [0.15, 0.2) is 32.4 Å². The van der Waals surface area contributed by atoms with Crippen LogP contribution in [0, 0.1) is 22.7 Å². The van der Waals surface area contributed by atoms with E-state index in [1.54, 1.807) is 48.5 Å². The zero-order valence-electron chi connectivity index (χ0n) is 72.9. The summed E-state index contributed by atoms with van der Waals surface area (Å²) < 4.78 is 302. The second-order valence-electron chi connectivity index (χ2n) is 31.6. The number of alkyl halides is 10. The molecule has 11 rings (SSSR count). The van der Waals surface area contributed by atoms with Gasteiger partial charge in [0, 0.05) is 12.2 Å². The molecule has 4 aliphatic carbocycles. The maximum Gasteiger partial charge on any atom is 0.426 e. The van der Waals surface area contributed by atoms with E-state index in [9.17, 15) is 134 Å². The smallest absolute Gasteiger partial charge is 0.426 e. The lowest BCUT2D eigenvalue weighted by Gasteiger charge is -2.59. The molecule has 0 aromatic heterocycles. The van der Waals surface area contributed by atoms with E-state index in [1.807, 2.05) is 0 Å². The molecule has 0 saturated heterocycles. The number of carbonyl (C=O) groups is 8. The van der Waals surface area contributed by atoms with E-state index < -0.39 is 163 Å². The van der Waals surface area contributed by atoms with Crippen LogP contribution in [0.3, 0.4) is 0 Å². The molecule has 24 radical (unpaired) electrons. The van der Waals surface area contributed by atoms with Crippen LogP contribution >= 0.6 is 0 Å². The Morgan fingerprint density at radius 1 is 0.370 bits per heavy atom. The number of benzene rings is 7. The highest BCUT2D eigenvalue weighted by molar-refractivity contribution is 7.87. The van der Waals surface area contributed by atoms with Crippen molar-refractivity contribution >= 4 is 193 Å². The minimum Gasteiger partial charge on any atom is -0.748 e. The number of hydrogen-bond acceptors (Lipinski definition) is 28. The minimum atomic E-state index is -6.08. The van der Waals surface area contributed by atoms with Gasteiger partial charge in [0.2, 0.25) is 12.2 Å². The van der Waals surface area contributed by atoms with Crippen LogP contribution in [0.2, 0.25) is 0 Å². The molecule has 0 heterocycles. The Kier molecular flexibility index (Phi) is 39.6. The van der Waals surface area contributed by atoms with Crippen LogP contribution in [0.15, 0.2) is 121 Å². The molecular weight excluding hydrogens is 1900 g/mol. The first-order valence-corrected chi connectivity index (χ1v) is 46.8. The Hall–Kier alpha value is -9.98. The van der Waals surface area contributed by atoms with E-state index in [-0.39, 0.29) is 157 Å². The normalized spacial score (nSPS) is 17.4. The molecule has 710 valence electrons. The third-order valence-electron chi connectivity index (χ3n) is 21.8. The Morgan fingerprint density at radius 2 is 0.667 bits per heavy atom. The molecule has 0 amide bonds. The molecule has 7 aromatic rings. The Bertz CT molecular complexity index is 6090. The predicted octanol–water partition coefficient (Wildman–Crippen LogP) is 6.72. The van der Waals surface area contributed by atoms with Gasteiger partial charge in [0.25, 0.3) is 0 Å². The van der Waals surface area contributed by atoms with Crippen molar-refractivity contribution in [2.24, 2.45) is 22.7 Å². The number of ether oxygens (including phenoxy) is 8. The summed E-state index contributed by atoms with van der Waals surface area (Å²) in [6.45, 7) is 1.10. The molecule has 4 saturated carbocycles. The number of halogens is 10. The van der Waals surface area contributed by atoms with E-state index in [2.05, 4.69) is 18.9 Å². The first-order chi connectivity index (χ1) is 64.1. The van der Waals surface area contributed by atoms with Gasteiger partial charge in [0.05, 0.1) is 159 Å². The van der Waals surface area contributed by atoms with E-state index in [1.165, 1.54) is 36.4 Å². The fourth-order valence-electron chi connectivity index (χ4n) is 15.6. The largest absolute Gasteiger partial charge is 0.748 e. The fourth-order valence-corrected chi connectivity index (χ4v) is 17.8. The van der Waals surface area contributed by atoms with Crippen molar-refractivity contribution in [3.05, 3.63) is 210 Å². The number of fused-ring (bicyclic) bond motifs is 1. The monoisotopic (exact) mass is 1980 g/mol. The average Bonchev–Trinajstić information content (AvgIpc) is 0.706. The van der Waals surface area contributed by atoms with Crippen molar-refractivity contribution in [1.29, 1.82) is 0 Å². The fraction of sp³-hybridized carbons (Fsp3) is 0.405.